The van der Waals surface area contributed by atoms with Crippen molar-refractivity contribution in [3.63, 3.8) is 0 Å². The van der Waals surface area contributed by atoms with Gasteiger partial charge in [-0.25, -0.2) is 8.42 Å². The van der Waals surface area contributed by atoms with Crippen molar-refractivity contribution in [2.45, 2.75) is 12.6 Å². The van der Waals surface area contributed by atoms with E-state index >= 15 is 0 Å². The molecule has 0 fully saturated rings. The third kappa shape index (κ3) is 5.81. The highest BCUT2D eigenvalue weighted by atomic mass is 32.2. The first-order chi connectivity index (χ1) is 5.27. The third-order valence-electron chi connectivity index (χ3n) is 0.804. The van der Waals surface area contributed by atoms with Crippen molar-refractivity contribution in [2.24, 2.45) is 4.52 Å². The fraction of sp³-hybridized carbons (Fsp3) is 1.00. The van der Waals surface area contributed by atoms with Crippen molar-refractivity contribution >= 4 is 10.0 Å². The zero-order chi connectivity index (χ0) is 9.83. The summed E-state index contributed by atoms with van der Waals surface area (Å²) in [6, 6.07) is 0. The lowest BCUT2D eigenvalue weighted by atomic mass is 10.5. The van der Waals surface area contributed by atoms with Gasteiger partial charge in [-0.1, -0.05) is 0 Å². The molecule has 0 aromatic rings. The molecule has 0 bridgehead atoms. The number of sulfonamides is 1. The van der Waals surface area contributed by atoms with Gasteiger partial charge in [0, 0.05) is 9.43 Å². The summed E-state index contributed by atoms with van der Waals surface area (Å²) in [5.41, 5.74) is 7.63. The summed E-state index contributed by atoms with van der Waals surface area (Å²) >= 11 is 0. The van der Waals surface area contributed by atoms with Crippen LogP contribution in [0.15, 0.2) is 4.52 Å². The van der Waals surface area contributed by atoms with E-state index in [1.54, 1.807) is 0 Å². The van der Waals surface area contributed by atoms with Crippen LogP contribution in [0.2, 0.25) is 0 Å². The lowest BCUT2D eigenvalue weighted by Gasteiger charge is -2.02. The average molecular weight is 203 g/mol. The molecule has 0 aromatic carbocycles. The molecule has 0 rings (SSSR count). The molecule has 0 aromatic heterocycles. The van der Waals surface area contributed by atoms with E-state index in [1.165, 1.54) is 0 Å². The molecule has 0 saturated heterocycles. The van der Waals surface area contributed by atoms with Gasteiger partial charge in [-0.15, -0.1) is 0 Å². The van der Waals surface area contributed by atoms with Crippen LogP contribution in [0.1, 0.15) is 6.42 Å². The molecule has 0 aliphatic rings. The van der Waals surface area contributed by atoms with Crippen molar-refractivity contribution in [3.05, 3.63) is 10.4 Å². The SMILES string of the molecule is [N-]=[N+]=NS(=O)(=O)CCC(F)(F)F. The van der Waals surface area contributed by atoms with E-state index in [2.05, 4.69) is 4.52 Å². The molecular weight excluding hydrogens is 199 g/mol. The second-order valence-electron chi connectivity index (χ2n) is 1.82. The normalized spacial score (nSPS) is 12.2. The van der Waals surface area contributed by atoms with Crippen LogP contribution < -0.4 is 0 Å². The fourth-order valence-corrected chi connectivity index (χ4v) is 1.02. The summed E-state index contributed by atoms with van der Waals surface area (Å²) in [4.78, 5) is 1.88. The van der Waals surface area contributed by atoms with Crippen LogP contribution in [0.3, 0.4) is 0 Å². The predicted octanol–water partition coefficient (Wildman–Crippen LogP) is 1.58. The Morgan fingerprint density at radius 1 is 1.42 bits per heavy atom. The summed E-state index contributed by atoms with van der Waals surface area (Å²) in [7, 11) is -4.28. The van der Waals surface area contributed by atoms with Crippen LogP contribution in [0.5, 0.6) is 0 Å². The second kappa shape index (κ2) is 3.63. The molecule has 5 nitrogen and oxygen atoms in total. The molecular formula is C3H4F3N3O2S. The van der Waals surface area contributed by atoms with Crippen LogP contribution in [-0.4, -0.2) is 20.3 Å². The number of halogens is 3. The summed E-state index contributed by atoms with van der Waals surface area (Å²) in [6.45, 7) is 0. The Kier molecular flexibility index (Phi) is 3.35. The molecule has 0 saturated carbocycles. The standard InChI is InChI=1S/C3H4F3N3O2S/c4-3(5,6)1-2-12(10,11)9-8-7/h1-2H2. The number of alkyl halides is 3. The van der Waals surface area contributed by atoms with E-state index < -0.39 is 28.4 Å². The van der Waals surface area contributed by atoms with Crippen molar-refractivity contribution in [1.82, 2.24) is 0 Å². The quantitative estimate of drug-likeness (QED) is 0.396. The molecule has 0 heterocycles. The summed E-state index contributed by atoms with van der Waals surface area (Å²) < 4.78 is 57.2. The molecule has 0 atom stereocenters. The van der Waals surface area contributed by atoms with E-state index in [9.17, 15) is 21.6 Å². The zero-order valence-corrected chi connectivity index (χ0v) is 6.43. The van der Waals surface area contributed by atoms with Gasteiger partial charge in [0.2, 0.25) is 10.0 Å². The molecule has 0 amide bonds. The van der Waals surface area contributed by atoms with E-state index in [-0.39, 0.29) is 0 Å². The van der Waals surface area contributed by atoms with Gasteiger partial charge in [0.25, 0.3) is 0 Å². The van der Waals surface area contributed by atoms with Gasteiger partial charge in [0.05, 0.1) is 12.2 Å². The second-order valence-corrected chi connectivity index (χ2v) is 3.56. The number of hydrogen-bond acceptors (Lipinski definition) is 2. The molecule has 0 aliphatic heterocycles. The van der Waals surface area contributed by atoms with Crippen molar-refractivity contribution in [2.75, 3.05) is 5.75 Å². The van der Waals surface area contributed by atoms with E-state index in [4.69, 9.17) is 5.53 Å². The highest BCUT2D eigenvalue weighted by Gasteiger charge is 2.29. The summed E-state index contributed by atoms with van der Waals surface area (Å²) in [6.07, 6.45) is -6.06. The van der Waals surface area contributed by atoms with E-state index in [0.717, 1.165) is 0 Å². The van der Waals surface area contributed by atoms with Crippen LogP contribution in [0.4, 0.5) is 13.2 Å². The Balaban J connectivity index is 4.21. The van der Waals surface area contributed by atoms with Gasteiger partial charge in [0.15, 0.2) is 0 Å². The van der Waals surface area contributed by atoms with Crippen molar-refractivity contribution in [1.29, 1.82) is 0 Å². The minimum absolute atomic E-state index is 1.21. The predicted molar refractivity (Wildman–Crippen MR) is 33.6 cm³/mol. The first kappa shape index (κ1) is 11.1. The van der Waals surface area contributed by atoms with E-state index in [0.29, 0.717) is 0 Å². The van der Waals surface area contributed by atoms with Crippen molar-refractivity contribution < 1.29 is 21.6 Å². The average Bonchev–Trinajstić information content (AvgIpc) is 1.83. The lowest BCUT2D eigenvalue weighted by Crippen LogP contribution is -2.14. The number of azide groups is 1. The largest absolute Gasteiger partial charge is 0.390 e. The summed E-state index contributed by atoms with van der Waals surface area (Å²) in [5, 5.41) is 0. The maximum absolute atomic E-state index is 11.4. The minimum Gasteiger partial charge on any atom is -0.221 e. The summed E-state index contributed by atoms with van der Waals surface area (Å²) in [5.74, 6) is -1.21. The molecule has 9 heteroatoms. The molecule has 12 heavy (non-hydrogen) atoms. The molecule has 0 aliphatic carbocycles. The van der Waals surface area contributed by atoms with Gasteiger partial charge in [0.1, 0.15) is 0 Å². The number of nitrogens with zero attached hydrogens (tertiary/aromatic N) is 3. The van der Waals surface area contributed by atoms with Gasteiger partial charge >= 0.3 is 6.18 Å². The van der Waals surface area contributed by atoms with E-state index in [1.807, 2.05) is 4.91 Å². The maximum Gasteiger partial charge on any atom is 0.390 e. The maximum atomic E-state index is 11.4. The van der Waals surface area contributed by atoms with Gasteiger partial charge in [-0.2, -0.15) is 13.2 Å². The van der Waals surface area contributed by atoms with Gasteiger partial charge in [-0.3, -0.25) is 0 Å². The first-order valence-corrected chi connectivity index (χ1v) is 4.23. The highest BCUT2D eigenvalue weighted by Crippen LogP contribution is 2.20. The first-order valence-electron chi connectivity index (χ1n) is 2.63. The van der Waals surface area contributed by atoms with Crippen LogP contribution in [0.25, 0.3) is 10.4 Å². The molecule has 70 valence electrons. The smallest absolute Gasteiger partial charge is 0.221 e. The minimum atomic E-state index is -4.56. The van der Waals surface area contributed by atoms with Crippen LogP contribution in [0, 0.1) is 0 Å². The number of hydrogen-bond donors (Lipinski definition) is 0. The number of rotatable bonds is 3. The highest BCUT2D eigenvalue weighted by molar-refractivity contribution is 7.89. The Hall–Kier alpha value is -0.950. The van der Waals surface area contributed by atoms with Gasteiger partial charge < -0.3 is 0 Å². The molecule has 0 unspecified atom stereocenters. The van der Waals surface area contributed by atoms with Crippen LogP contribution in [-0.2, 0) is 10.0 Å². The Morgan fingerprint density at radius 2 is 1.92 bits per heavy atom. The molecule has 0 N–H and O–H groups in total. The monoisotopic (exact) mass is 203 g/mol. The Morgan fingerprint density at radius 3 is 2.25 bits per heavy atom. The lowest BCUT2D eigenvalue weighted by molar-refractivity contribution is -0.129. The fourth-order valence-electron chi connectivity index (χ4n) is 0.341. The molecule has 0 spiro atoms. The molecule has 0 radical (unpaired) electrons. The van der Waals surface area contributed by atoms with Gasteiger partial charge in [-0.05, 0) is 5.53 Å². The zero-order valence-electron chi connectivity index (χ0n) is 5.61. The van der Waals surface area contributed by atoms with Crippen LogP contribution >= 0.6 is 0 Å². The third-order valence-corrected chi connectivity index (χ3v) is 1.85. The Bertz CT molecular complexity index is 288. The topological polar surface area (TPSA) is 82.9 Å². The Labute approximate surface area is 65.9 Å². The van der Waals surface area contributed by atoms with Crippen molar-refractivity contribution in [3.8, 4) is 0 Å².